The standard InChI is InChI=1S/C15H21F3N4O2/c1-3-6-21-8-11(7-19-21)14(24)22-9-12(20-10(2)23)4-5-13(22)15(16,17)18/h7-8,12-13H,3-6,9H2,1-2H3,(H,20,23)/t12-,13-/m1/s1. The Morgan fingerprint density at radius 3 is 2.67 bits per heavy atom. The molecule has 0 bridgehead atoms. The van der Waals surface area contributed by atoms with E-state index in [-0.39, 0.29) is 30.9 Å². The van der Waals surface area contributed by atoms with Crippen molar-refractivity contribution in [3.63, 3.8) is 0 Å². The molecule has 1 aromatic heterocycles. The van der Waals surface area contributed by atoms with Crippen molar-refractivity contribution in [1.82, 2.24) is 20.0 Å². The molecule has 9 heteroatoms. The van der Waals surface area contributed by atoms with Gasteiger partial charge in [0.1, 0.15) is 6.04 Å². The summed E-state index contributed by atoms with van der Waals surface area (Å²) in [5, 5.41) is 6.59. The van der Waals surface area contributed by atoms with E-state index in [1.54, 1.807) is 0 Å². The Hall–Kier alpha value is -2.06. The van der Waals surface area contributed by atoms with Gasteiger partial charge in [-0.2, -0.15) is 18.3 Å². The lowest BCUT2D eigenvalue weighted by Crippen LogP contribution is -2.58. The summed E-state index contributed by atoms with van der Waals surface area (Å²) in [6.45, 7) is 3.66. The van der Waals surface area contributed by atoms with Gasteiger partial charge in [0.2, 0.25) is 5.91 Å². The van der Waals surface area contributed by atoms with E-state index in [2.05, 4.69) is 10.4 Å². The minimum atomic E-state index is -4.50. The molecule has 6 nitrogen and oxygen atoms in total. The number of nitrogens with one attached hydrogen (secondary N) is 1. The average Bonchev–Trinajstić information content (AvgIpc) is 2.93. The van der Waals surface area contributed by atoms with Gasteiger partial charge in [-0.1, -0.05) is 6.92 Å². The summed E-state index contributed by atoms with van der Waals surface area (Å²) in [7, 11) is 0. The molecule has 0 radical (unpaired) electrons. The van der Waals surface area contributed by atoms with E-state index in [0.29, 0.717) is 6.54 Å². The summed E-state index contributed by atoms with van der Waals surface area (Å²) in [6, 6.07) is -2.32. The monoisotopic (exact) mass is 346 g/mol. The Morgan fingerprint density at radius 1 is 1.38 bits per heavy atom. The molecule has 0 saturated carbocycles. The molecule has 0 aliphatic carbocycles. The minimum absolute atomic E-state index is 0.126. The van der Waals surface area contributed by atoms with E-state index in [0.717, 1.165) is 11.3 Å². The molecule has 1 saturated heterocycles. The van der Waals surface area contributed by atoms with Crippen molar-refractivity contribution in [2.45, 2.75) is 57.9 Å². The first-order valence-electron chi connectivity index (χ1n) is 7.89. The van der Waals surface area contributed by atoms with Crippen LogP contribution in [0.15, 0.2) is 12.4 Å². The zero-order valence-corrected chi connectivity index (χ0v) is 13.6. The lowest BCUT2D eigenvalue weighted by Gasteiger charge is -2.40. The molecule has 2 atom stereocenters. The van der Waals surface area contributed by atoms with E-state index in [9.17, 15) is 22.8 Å². The van der Waals surface area contributed by atoms with Crippen molar-refractivity contribution in [2.24, 2.45) is 0 Å². The number of carbonyl (C=O) groups is 2. The fourth-order valence-electron chi connectivity index (χ4n) is 2.93. The largest absolute Gasteiger partial charge is 0.408 e. The molecule has 1 fully saturated rings. The lowest BCUT2D eigenvalue weighted by atomic mass is 9.97. The first kappa shape index (κ1) is 18.3. The third-order valence-corrected chi connectivity index (χ3v) is 3.96. The molecule has 1 aliphatic heterocycles. The van der Waals surface area contributed by atoms with Crippen LogP contribution in [0.25, 0.3) is 0 Å². The van der Waals surface area contributed by atoms with Crippen LogP contribution in [0.1, 0.15) is 43.5 Å². The van der Waals surface area contributed by atoms with Gasteiger partial charge in [0, 0.05) is 32.3 Å². The molecular weight excluding hydrogens is 325 g/mol. The number of hydrogen-bond acceptors (Lipinski definition) is 3. The SMILES string of the molecule is CCCn1cc(C(=O)N2C[C@H](NC(C)=O)CC[C@@H]2C(F)(F)F)cn1. The summed E-state index contributed by atoms with van der Waals surface area (Å²) in [5.74, 6) is -1.04. The van der Waals surface area contributed by atoms with E-state index in [4.69, 9.17) is 0 Å². The summed E-state index contributed by atoms with van der Waals surface area (Å²) < 4.78 is 41.4. The number of amides is 2. The third kappa shape index (κ3) is 4.27. The second-order valence-corrected chi connectivity index (χ2v) is 5.98. The van der Waals surface area contributed by atoms with Crippen molar-refractivity contribution in [3.05, 3.63) is 18.0 Å². The Balaban J connectivity index is 2.21. The molecule has 1 aromatic rings. The predicted molar refractivity (Wildman–Crippen MR) is 80.2 cm³/mol. The topological polar surface area (TPSA) is 67.2 Å². The summed E-state index contributed by atoms with van der Waals surface area (Å²) in [5.41, 5.74) is 0.126. The molecule has 134 valence electrons. The molecule has 2 rings (SSSR count). The number of rotatable bonds is 4. The van der Waals surface area contributed by atoms with Crippen LogP contribution in [0.5, 0.6) is 0 Å². The molecule has 24 heavy (non-hydrogen) atoms. The fourth-order valence-corrected chi connectivity index (χ4v) is 2.93. The van der Waals surface area contributed by atoms with Gasteiger partial charge >= 0.3 is 6.18 Å². The first-order valence-corrected chi connectivity index (χ1v) is 7.89. The first-order chi connectivity index (χ1) is 11.2. The number of piperidine rings is 1. The maximum absolute atomic E-state index is 13.3. The van der Waals surface area contributed by atoms with Gasteiger partial charge in [-0.25, -0.2) is 0 Å². The molecule has 0 unspecified atom stereocenters. The highest BCUT2D eigenvalue weighted by atomic mass is 19.4. The quantitative estimate of drug-likeness (QED) is 0.906. The van der Waals surface area contributed by atoms with Crippen molar-refractivity contribution in [2.75, 3.05) is 6.54 Å². The highest BCUT2D eigenvalue weighted by molar-refractivity contribution is 5.94. The predicted octanol–water partition coefficient (Wildman–Crippen LogP) is 1.96. The van der Waals surface area contributed by atoms with Crippen molar-refractivity contribution in [3.8, 4) is 0 Å². The van der Waals surface area contributed by atoms with Crippen molar-refractivity contribution >= 4 is 11.8 Å². The number of aryl methyl sites for hydroxylation is 1. The normalized spacial score (nSPS) is 21.6. The maximum atomic E-state index is 13.3. The Morgan fingerprint density at radius 2 is 2.08 bits per heavy atom. The van der Waals surface area contributed by atoms with E-state index in [1.165, 1.54) is 24.0 Å². The highest BCUT2D eigenvalue weighted by Gasteiger charge is 2.48. The van der Waals surface area contributed by atoms with Crippen molar-refractivity contribution in [1.29, 1.82) is 0 Å². The number of hydrogen-bond donors (Lipinski definition) is 1. The smallest absolute Gasteiger partial charge is 0.352 e. The maximum Gasteiger partial charge on any atom is 0.408 e. The van der Waals surface area contributed by atoms with Gasteiger partial charge in [0.15, 0.2) is 0 Å². The molecule has 2 amide bonds. The van der Waals surface area contributed by atoms with Crippen LogP contribution in [-0.2, 0) is 11.3 Å². The summed E-state index contributed by atoms with van der Waals surface area (Å²) in [4.78, 5) is 24.5. The molecule has 2 heterocycles. The van der Waals surface area contributed by atoms with Gasteiger partial charge in [0.25, 0.3) is 5.91 Å². The van der Waals surface area contributed by atoms with Crippen LogP contribution in [0.4, 0.5) is 13.2 Å². The lowest BCUT2D eigenvalue weighted by molar-refractivity contribution is -0.184. The molecule has 1 N–H and O–H groups in total. The number of aromatic nitrogens is 2. The van der Waals surface area contributed by atoms with Crippen LogP contribution in [0.2, 0.25) is 0 Å². The van der Waals surface area contributed by atoms with E-state index >= 15 is 0 Å². The number of likely N-dealkylation sites (tertiary alicyclic amines) is 1. The van der Waals surface area contributed by atoms with E-state index in [1.807, 2.05) is 6.92 Å². The Labute approximate surface area is 138 Å². The van der Waals surface area contributed by atoms with Gasteiger partial charge in [-0.15, -0.1) is 0 Å². The summed E-state index contributed by atoms with van der Waals surface area (Å²) in [6.07, 6.45) is -1.01. The van der Waals surface area contributed by atoms with Gasteiger partial charge in [-0.3, -0.25) is 14.3 Å². The van der Waals surface area contributed by atoms with Gasteiger partial charge in [-0.05, 0) is 19.3 Å². The second kappa shape index (κ2) is 7.23. The van der Waals surface area contributed by atoms with Gasteiger partial charge < -0.3 is 10.2 Å². The van der Waals surface area contributed by atoms with Crippen LogP contribution >= 0.6 is 0 Å². The van der Waals surface area contributed by atoms with Crippen LogP contribution in [-0.4, -0.2) is 51.3 Å². The van der Waals surface area contributed by atoms with Crippen LogP contribution < -0.4 is 5.32 Å². The Bertz CT molecular complexity index is 600. The second-order valence-electron chi connectivity index (χ2n) is 5.98. The van der Waals surface area contributed by atoms with Gasteiger partial charge in [0.05, 0.1) is 11.8 Å². The number of halogens is 3. The third-order valence-electron chi connectivity index (χ3n) is 3.96. The number of alkyl halides is 3. The fraction of sp³-hybridized carbons (Fsp3) is 0.667. The van der Waals surface area contributed by atoms with E-state index < -0.39 is 24.2 Å². The number of nitrogens with zero attached hydrogens (tertiary/aromatic N) is 3. The molecular formula is C15H21F3N4O2. The van der Waals surface area contributed by atoms with Crippen LogP contribution in [0.3, 0.4) is 0 Å². The number of carbonyl (C=O) groups excluding carboxylic acids is 2. The van der Waals surface area contributed by atoms with Crippen molar-refractivity contribution < 1.29 is 22.8 Å². The zero-order valence-electron chi connectivity index (χ0n) is 13.6. The van der Waals surface area contributed by atoms with Crippen LogP contribution in [0, 0.1) is 0 Å². The highest BCUT2D eigenvalue weighted by Crippen LogP contribution is 2.33. The average molecular weight is 346 g/mol. The minimum Gasteiger partial charge on any atom is -0.352 e. The zero-order chi connectivity index (χ0) is 17.9. The molecule has 0 aromatic carbocycles. The molecule has 0 spiro atoms. The Kier molecular flexibility index (Phi) is 5.51. The summed E-state index contributed by atoms with van der Waals surface area (Å²) >= 11 is 0. The molecule has 1 aliphatic rings.